The van der Waals surface area contributed by atoms with Gasteiger partial charge in [0.2, 0.25) is 5.88 Å². The quantitative estimate of drug-likeness (QED) is 0.694. The zero-order valence-corrected chi connectivity index (χ0v) is 8.86. The Hall–Kier alpha value is -1.40. The zero-order chi connectivity index (χ0) is 11.1. The van der Waals surface area contributed by atoms with Gasteiger partial charge in [-0.2, -0.15) is 4.98 Å². The van der Waals surface area contributed by atoms with Gasteiger partial charge in [0, 0.05) is 20.2 Å². The molecule has 2 N–H and O–H groups in total. The number of aliphatic hydroxyl groups is 1. The van der Waals surface area contributed by atoms with Gasteiger partial charge in [0.05, 0.1) is 6.61 Å². The Kier molecular flexibility index (Phi) is 4.79. The molecule has 84 valence electrons. The van der Waals surface area contributed by atoms with Crippen LogP contribution in [0.15, 0.2) is 6.07 Å². The Bertz CT molecular complexity index is 307. The van der Waals surface area contributed by atoms with Crippen LogP contribution >= 0.6 is 0 Å². The standard InChI is InChI=1S/C9H15N3O3/c1-10-7-5-9(15-4-3-13)12-8(11-7)6-14-2/h5,13H,3-4,6H2,1-2H3,(H,10,11,12). The molecule has 1 rings (SSSR count). The summed E-state index contributed by atoms with van der Waals surface area (Å²) < 4.78 is 10.1. The number of nitrogens with one attached hydrogen (secondary N) is 1. The van der Waals surface area contributed by atoms with Crippen molar-refractivity contribution in [3.05, 3.63) is 11.9 Å². The molecule has 0 aromatic carbocycles. The molecule has 0 aliphatic rings. The van der Waals surface area contributed by atoms with Crippen molar-refractivity contribution in [1.82, 2.24) is 9.97 Å². The molecule has 0 fully saturated rings. The van der Waals surface area contributed by atoms with Crippen LogP contribution in [0.5, 0.6) is 5.88 Å². The maximum absolute atomic E-state index is 8.62. The highest BCUT2D eigenvalue weighted by molar-refractivity contribution is 5.37. The lowest BCUT2D eigenvalue weighted by Crippen LogP contribution is -2.07. The van der Waals surface area contributed by atoms with E-state index in [0.717, 1.165) is 0 Å². The van der Waals surface area contributed by atoms with Crippen molar-refractivity contribution in [3.8, 4) is 5.88 Å². The molecule has 0 saturated heterocycles. The molecule has 0 radical (unpaired) electrons. The van der Waals surface area contributed by atoms with Gasteiger partial charge in [0.15, 0.2) is 5.82 Å². The highest BCUT2D eigenvalue weighted by Crippen LogP contribution is 2.13. The number of ether oxygens (including phenoxy) is 2. The molecule has 0 spiro atoms. The third-order valence-corrected chi connectivity index (χ3v) is 1.62. The van der Waals surface area contributed by atoms with Gasteiger partial charge in [0.25, 0.3) is 0 Å². The lowest BCUT2D eigenvalue weighted by Gasteiger charge is -2.07. The number of rotatable bonds is 6. The van der Waals surface area contributed by atoms with Gasteiger partial charge >= 0.3 is 0 Å². The van der Waals surface area contributed by atoms with Crippen LogP contribution < -0.4 is 10.1 Å². The summed E-state index contributed by atoms with van der Waals surface area (Å²) in [6.45, 7) is 0.496. The minimum Gasteiger partial charge on any atom is -0.475 e. The number of anilines is 1. The summed E-state index contributed by atoms with van der Waals surface area (Å²) in [7, 11) is 3.33. The van der Waals surface area contributed by atoms with Crippen molar-refractivity contribution in [2.45, 2.75) is 6.61 Å². The van der Waals surface area contributed by atoms with E-state index < -0.39 is 0 Å². The van der Waals surface area contributed by atoms with Gasteiger partial charge in [-0.1, -0.05) is 0 Å². The van der Waals surface area contributed by atoms with Crippen LogP contribution in [0.1, 0.15) is 5.82 Å². The number of hydrogen-bond donors (Lipinski definition) is 2. The van der Waals surface area contributed by atoms with Crippen LogP contribution in [-0.4, -0.2) is 42.4 Å². The van der Waals surface area contributed by atoms with Gasteiger partial charge in [-0.25, -0.2) is 4.98 Å². The first kappa shape index (κ1) is 11.7. The number of hydrogen-bond acceptors (Lipinski definition) is 6. The van der Waals surface area contributed by atoms with Crippen LogP contribution in [0.2, 0.25) is 0 Å². The average Bonchev–Trinajstić information content (AvgIpc) is 2.26. The fourth-order valence-electron chi connectivity index (χ4n) is 1.02. The van der Waals surface area contributed by atoms with E-state index in [-0.39, 0.29) is 13.2 Å². The molecular formula is C9H15N3O3. The van der Waals surface area contributed by atoms with Crippen LogP contribution in [0.3, 0.4) is 0 Å². The van der Waals surface area contributed by atoms with Gasteiger partial charge in [-0.05, 0) is 0 Å². The maximum atomic E-state index is 8.62. The first-order valence-electron chi connectivity index (χ1n) is 4.58. The summed E-state index contributed by atoms with van der Waals surface area (Å²) in [5, 5.41) is 11.5. The van der Waals surface area contributed by atoms with Crippen molar-refractivity contribution >= 4 is 5.82 Å². The van der Waals surface area contributed by atoms with E-state index in [4.69, 9.17) is 14.6 Å². The molecule has 0 amide bonds. The minimum atomic E-state index is -0.0432. The largest absolute Gasteiger partial charge is 0.475 e. The SMILES string of the molecule is CNc1cc(OCCO)nc(COC)n1. The third kappa shape index (κ3) is 3.69. The predicted molar refractivity (Wildman–Crippen MR) is 54.9 cm³/mol. The number of aromatic nitrogens is 2. The molecular weight excluding hydrogens is 198 g/mol. The van der Waals surface area contributed by atoms with Crippen molar-refractivity contribution < 1.29 is 14.6 Å². The van der Waals surface area contributed by atoms with E-state index in [9.17, 15) is 0 Å². The first-order valence-corrected chi connectivity index (χ1v) is 4.58. The van der Waals surface area contributed by atoms with E-state index in [2.05, 4.69) is 15.3 Å². The van der Waals surface area contributed by atoms with Gasteiger partial charge in [-0.3, -0.25) is 0 Å². The molecule has 6 nitrogen and oxygen atoms in total. The summed E-state index contributed by atoms with van der Waals surface area (Å²) >= 11 is 0. The molecule has 15 heavy (non-hydrogen) atoms. The summed E-state index contributed by atoms with van der Waals surface area (Å²) in [6.07, 6.45) is 0. The van der Waals surface area contributed by atoms with Crippen LogP contribution in [0.25, 0.3) is 0 Å². The zero-order valence-electron chi connectivity index (χ0n) is 8.86. The fraction of sp³-hybridized carbons (Fsp3) is 0.556. The predicted octanol–water partition coefficient (Wildman–Crippen LogP) is 0.0358. The molecule has 0 atom stereocenters. The smallest absolute Gasteiger partial charge is 0.218 e. The first-order chi connectivity index (χ1) is 7.30. The molecule has 0 saturated carbocycles. The molecule has 0 unspecified atom stereocenters. The Labute approximate surface area is 88.3 Å². The Morgan fingerprint density at radius 3 is 2.87 bits per heavy atom. The molecule has 1 aromatic heterocycles. The molecule has 6 heteroatoms. The van der Waals surface area contributed by atoms with Gasteiger partial charge < -0.3 is 19.9 Å². The van der Waals surface area contributed by atoms with E-state index in [1.54, 1.807) is 20.2 Å². The minimum absolute atomic E-state index is 0.0432. The van der Waals surface area contributed by atoms with Gasteiger partial charge in [-0.15, -0.1) is 0 Å². The van der Waals surface area contributed by atoms with Crippen molar-refractivity contribution in [2.75, 3.05) is 32.7 Å². The van der Waals surface area contributed by atoms with Crippen LogP contribution in [0.4, 0.5) is 5.82 Å². The van der Waals surface area contributed by atoms with Crippen molar-refractivity contribution in [2.24, 2.45) is 0 Å². The summed E-state index contributed by atoms with van der Waals surface area (Å²) in [6, 6.07) is 1.66. The average molecular weight is 213 g/mol. The lowest BCUT2D eigenvalue weighted by molar-refractivity contribution is 0.173. The second-order valence-corrected chi connectivity index (χ2v) is 2.76. The molecule has 1 aromatic rings. The maximum Gasteiger partial charge on any atom is 0.218 e. The van der Waals surface area contributed by atoms with Crippen LogP contribution in [-0.2, 0) is 11.3 Å². The highest BCUT2D eigenvalue weighted by atomic mass is 16.5. The van der Waals surface area contributed by atoms with E-state index >= 15 is 0 Å². The summed E-state index contributed by atoms with van der Waals surface area (Å²) in [5.74, 6) is 1.62. The Morgan fingerprint density at radius 2 is 2.27 bits per heavy atom. The van der Waals surface area contributed by atoms with Crippen molar-refractivity contribution in [1.29, 1.82) is 0 Å². The monoisotopic (exact) mass is 213 g/mol. The highest BCUT2D eigenvalue weighted by Gasteiger charge is 2.04. The van der Waals surface area contributed by atoms with Gasteiger partial charge in [0.1, 0.15) is 19.0 Å². The topological polar surface area (TPSA) is 76.5 Å². The normalized spacial score (nSPS) is 10.1. The van der Waals surface area contributed by atoms with E-state index in [1.807, 2.05) is 0 Å². The summed E-state index contributed by atoms with van der Waals surface area (Å²) in [5.41, 5.74) is 0. The number of nitrogens with zero attached hydrogens (tertiary/aromatic N) is 2. The molecule has 1 heterocycles. The Balaban J connectivity index is 2.79. The molecule has 0 aliphatic heterocycles. The number of aliphatic hydroxyl groups excluding tert-OH is 1. The molecule has 0 bridgehead atoms. The molecule has 0 aliphatic carbocycles. The lowest BCUT2D eigenvalue weighted by atomic mass is 10.5. The fourth-order valence-corrected chi connectivity index (χ4v) is 1.02. The number of methoxy groups -OCH3 is 1. The van der Waals surface area contributed by atoms with Crippen LogP contribution in [0, 0.1) is 0 Å². The Morgan fingerprint density at radius 1 is 1.47 bits per heavy atom. The third-order valence-electron chi connectivity index (χ3n) is 1.62. The second-order valence-electron chi connectivity index (χ2n) is 2.76. The second kappa shape index (κ2) is 6.15. The van der Waals surface area contributed by atoms with E-state index in [0.29, 0.717) is 24.1 Å². The summed E-state index contributed by atoms with van der Waals surface area (Å²) in [4.78, 5) is 8.26. The van der Waals surface area contributed by atoms with Crippen molar-refractivity contribution in [3.63, 3.8) is 0 Å². The van der Waals surface area contributed by atoms with E-state index in [1.165, 1.54) is 0 Å².